The molecule has 0 aromatic heterocycles. The summed E-state index contributed by atoms with van der Waals surface area (Å²) in [6, 6.07) is 0. The number of amides is 1. The van der Waals surface area contributed by atoms with Crippen molar-refractivity contribution in [3.05, 3.63) is 0 Å². The van der Waals surface area contributed by atoms with Crippen molar-refractivity contribution < 1.29 is 9.59 Å². The average Bonchev–Trinajstić information content (AvgIpc) is 3.13. The van der Waals surface area contributed by atoms with Gasteiger partial charge in [0.1, 0.15) is 5.78 Å². The third-order valence-corrected chi connectivity index (χ3v) is 4.38. The summed E-state index contributed by atoms with van der Waals surface area (Å²) in [7, 11) is 0. The predicted molar refractivity (Wildman–Crippen MR) is 77.8 cm³/mol. The lowest BCUT2D eigenvalue weighted by Crippen LogP contribution is -2.35. The molecule has 1 aliphatic carbocycles. The second kappa shape index (κ2) is 7.06. The standard InChI is InChI=1S/C16H29NO2/c1-12(2)14(18)8-6-5-7-11-17-15(19)16(9-10-16)13(3)4/h12-13H,5-11H2,1-4H3,(H,17,19). The molecule has 0 bridgehead atoms. The van der Waals surface area contributed by atoms with Crippen molar-refractivity contribution in [3.63, 3.8) is 0 Å². The number of Topliss-reactive ketones (excluding diaryl/α,β-unsaturated/α-hetero) is 1. The fourth-order valence-corrected chi connectivity index (χ4v) is 2.47. The van der Waals surface area contributed by atoms with Crippen LogP contribution in [0.5, 0.6) is 0 Å². The summed E-state index contributed by atoms with van der Waals surface area (Å²) in [4.78, 5) is 23.5. The lowest BCUT2D eigenvalue weighted by Gasteiger charge is -2.18. The monoisotopic (exact) mass is 267 g/mol. The third-order valence-electron chi connectivity index (χ3n) is 4.38. The highest BCUT2D eigenvalue weighted by Gasteiger charge is 2.51. The molecule has 3 heteroatoms. The topological polar surface area (TPSA) is 46.2 Å². The van der Waals surface area contributed by atoms with E-state index < -0.39 is 0 Å². The Bertz CT molecular complexity index is 317. The lowest BCUT2D eigenvalue weighted by molar-refractivity contribution is -0.128. The van der Waals surface area contributed by atoms with Gasteiger partial charge in [-0.2, -0.15) is 0 Å². The van der Waals surface area contributed by atoms with Crippen LogP contribution in [0.3, 0.4) is 0 Å². The summed E-state index contributed by atoms with van der Waals surface area (Å²) in [5.74, 6) is 1.18. The van der Waals surface area contributed by atoms with Crippen LogP contribution >= 0.6 is 0 Å². The van der Waals surface area contributed by atoms with Gasteiger partial charge in [-0.15, -0.1) is 0 Å². The molecule has 1 N–H and O–H groups in total. The van der Waals surface area contributed by atoms with Gasteiger partial charge in [0.2, 0.25) is 5.91 Å². The zero-order chi connectivity index (χ0) is 14.5. The Labute approximate surface area is 117 Å². The molecule has 0 unspecified atom stereocenters. The van der Waals surface area contributed by atoms with Crippen LogP contribution in [0.1, 0.15) is 66.2 Å². The third kappa shape index (κ3) is 4.63. The predicted octanol–water partition coefficient (Wildman–Crippen LogP) is 3.32. The van der Waals surface area contributed by atoms with Crippen LogP contribution in [0.15, 0.2) is 0 Å². The van der Waals surface area contributed by atoms with E-state index >= 15 is 0 Å². The average molecular weight is 267 g/mol. The van der Waals surface area contributed by atoms with Gasteiger partial charge < -0.3 is 5.32 Å². The van der Waals surface area contributed by atoms with E-state index in [-0.39, 0.29) is 17.2 Å². The van der Waals surface area contributed by atoms with E-state index in [1.165, 1.54) is 0 Å². The highest BCUT2D eigenvalue weighted by atomic mass is 16.2. The molecule has 1 aliphatic rings. The summed E-state index contributed by atoms with van der Waals surface area (Å²) < 4.78 is 0. The molecule has 1 fully saturated rings. The summed E-state index contributed by atoms with van der Waals surface area (Å²) in [6.07, 6.45) is 5.71. The Morgan fingerprint density at radius 1 is 1.05 bits per heavy atom. The highest BCUT2D eigenvalue weighted by Crippen LogP contribution is 2.51. The van der Waals surface area contributed by atoms with Crippen LogP contribution in [0, 0.1) is 17.3 Å². The van der Waals surface area contributed by atoms with Crippen LogP contribution in [0.2, 0.25) is 0 Å². The van der Waals surface area contributed by atoms with Crippen molar-refractivity contribution >= 4 is 11.7 Å². The molecule has 3 nitrogen and oxygen atoms in total. The molecule has 1 amide bonds. The van der Waals surface area contributed by atoms with Crippen molar-refractivity contribution in [1.29, 1.82) is 0 Å². The number of ketones is 1. The molecule has 1 rings (SSSR count). The number of rotatable bonds is 9. The Kier molecular flexibility index (Phi) is 6.02. The minimum Gasteiger partial charge on any atom is -0.356 e. The van der Waals surface area contributed by atoms with Crippen LogP contribution in [0.25, 0.3) is 0 Å². The van der Waals surface area contributed by atoms with Gasteiger partial charge in [-0.25, -0.2) is 0 Å². The second-order valence-corrected chi connectivity index (χ2v) is 6.50. The Morgan fingerprint density at radius 2 is 1.68 bits per heavy atom. The Balaban J connectivity index is 2.06. The molecule has 0 heterocycles. The molecule has 0 saturated heterocycles. The quantitative estimate of drug-likeness (QED) is 0.651. The van der Waals surface area contributed by atoms with Crippen molar-refractivity contribution in [2.45, 2.75) is 66.2 Å². The maximum atomic E-state index is 12.0. The molecule has 0 aromatic carbocycles. The second-order valence-electron chi connectivity index (χ2n) is 6.50. The molecule has 0 aromatic rings. The highest BCUT2D eigenvalue weighted by molar-refractivity contribution is 5.85. The van der Waals surface area contributed by atoms with E-state index in [1.54, 1.807) is 0 Å². The fraction of sp³-hybridized carbons (Fsp3) is 0.875. The molecule has 0 spiro atoms. The normalized spacial score (nSPS) is 16.7. The van der Waals surface area contributed by atoms with Gasteiger partial charge in [0.05, 0.1) is 5.41 Å². The van der Waals surface area contributed by atoms with Crippen molar-refractivity contribution in [2.75, 3.05) is 6.54 Å². The number of carbonyl (C=O) groups is 2. The molecule has 0 radical (unpaired) electrons. The maximum absolute atomic E-state index is 12.0. The number of hydrogen-bond acceptors (Lipinski definition) is 2. The van der Waals surface area contributed by atoms with Gasteiger partial charge in [0, 0.05) is 18.9 Å². The molecular formula is C16H29NO2. The number of unbranched alkanes of at least 4 members (excludes halogenated alkanes) is 2. The first-order valence-electron chi connectivity index (χ1n) is 7.71. The molecule has 0 aliphatic heterocycles. The summed E-state index contributed by atoms with van der Waals surface area (Å²) in [5.41, 5.74) is -0.0619. The number of carbonyl (C=O) groups excluding carboxylic acids is 2. The van der Waals surface area contributed by atoms with E-state index in [1.807, 2.05) is 13.8 Å². The molecule has 0 atom stereocenters. The fourth-order valence-electron chi connectivity index (χ4n) is 2.47. The van der Waals surface area contributed by atoms with Crippen LogP contribution in [-0.4, -0.2) is 18.2 Å². The lowest BCUT2D eigenvalue weighted by atomic mass is 9.91. The molecule has 1 saturated carbocycles. The van der Waals surface area contributed by atoms with Crippen molar-refractivity contribution in [1.82, 2.24) is 5.32 Å². The van der Waals surface area contributed by atoms with E-state index in [0.717, 1.165) is 38.6 Å². The van der Waals surface area contributed by atoms with Crippen LogP contribution < -0.4 is 5.32 Å². The summed E-state index contributed by atoms with van der Waals surface area (Å²) in [6.45, 7) is 8.91. The summed E-state index contributed by atoms with van der Waals surface area (Å²) in [5, 5.41) is 3.05. The Morgan fingerprint density at radius 3 is 2.16 bits per heavy atom. The zero-order valence-electron chi connectivity index (χ0n) is 12.9. The molecule has 19 heavy (non-hydrogen) atoms. The maximum Gasteiger partial charge on any atom is 0.226 e. The smallest absolute Gasteiger partial charge is 0.226 e. The van der Waals surface area contributed by atoms with E-state index in [2.05, 4.69) is 19.2 Å². The van der Waals surface area contributed by atoms with Gasteiger partial charge >= 0.3 is 0 Å². The first-order chi connectivity index (χ1) is 8.90. The first-order valence-corrected chi connectivity index (χ1v) is 7.71. The zero-order valence-corrected chi connectivity index (χ0v) is 12.9. The van der Waals surface area contributed by atoms with E-state index in [9.17, 15) is 9.59 Å². The number of nitrogens with one attached hydrogen (secondary N) is 1. The molecular weight excluding hydrogens is 238 g/mol. The van der Waals surface area contributed by atoms with E-state index in [4.69, 9.17) is 0 Å². The van der Waals surface area contributed by atoms with Gasteiger partial charge in [-0.3, -0.25) is 9.59 Å². The van der Waals surface area contributed by atoms with Gasteiger partial charge in [0.15, 0.2) is 0 Å². The minimum absolute atomic E-state index is 0.0619. The van der Waals surface area contributed by atoms with Gasteiger partial charge in [-0.05, 0) is 31.6 Å². The van der Waals surface area contributed by atoms with E-state index in [0.29, 0.717) is 18.1 Å². The molecule has 110 valence electrons. The SMILES string of the molecule is CC(C)C(=O)CCCCCNC(=O)C1(C(C)C)CC1. The summed E-state index contributed by atoms with van der Waals surface area (Å²) >= 11 is 0. The first kappa shape index (κ1) is 16.2. The largest absolute Gasteiger partial charge is 0.356 e. The van der Waals surface area contributed by atoms with Crippen molar-refractivity contribution in [2.24, 2.45) is 17.3 Å². The van der Waals surface area contributed by atoms with Crippen LogP contribution in [0.4, 0.5) is 0 Å². The van der Waals surface area contributed by atoms with Gasteiger partial charge in [0.25, 0.3) is 0 Å². The van der Waals surface area contributed by atoms with Crippen LogP contribution in [-0.2, 0) is 9.59 Å². The van der Waals surface area contributed by atoms with Crippen molar-refractivity contribution in [3.8, 4) is 0 Å². The number of hydrogen-bond donors (Lipinski definition) is 1. The minimum atomic E-state index is -0.0619. The Hall–Kier alpha value is -0.860. The van der Waals surface area contributed by atoms with Gasteiger partial charge in [-0.1, -0.05) is 34.1 Å².